The molecule has 0 bridgehead atoms. The number of rotatable bonds is 8. The summed E-state index contributed by atoms with van der Waals surface area (Å²) in [4.78, 5) is 9.05. The second kappa shape index (κ2) is 9.66. The summed E-state index contributed by atoms with van der Waals surface area (Å²) in [6, 6.07) is 8.26. The molecule has 0 amide bonds. The Morgan fingerprint density at radius 1 is 1.23 bits per heavy atom. The lowest BCUT2D eigenvalue weighted by atomic mass is 10.2. The first-order valence-electron chi connectivity index (χ1n) is 8.38. The summed E-state index contributed by atoms with van der Waals surface area (Å²) in [5, 5.41) is 10.0. The number of halogens is 1. The van der Waals surface area contributed by atoms with Gasteiger partial charge >= 0.3 is 0 Å². The van der Waals surface area contributed by atoms with Gasteiger partial charge in [0, 0.05) is 23.4 Å². The molecule has 0 fully saturated rings. The first kappa shape index (κ1) is 20.4. The van der Waals surface area contributed by atoms with Gasteiger partial charge in [-0.2, -0.15) is 4.98 Å². The number of benzene rings is 1. The van der Waals surface area contributed by atoms with Crippen LogP contribution < -0.4 is 10.1 Å². The van der Waals surface area contributed by atoms with Gasteiger partial charge in [0.05, 0.1) is 6.61 Å². The van der Waals surface area contributed by atoms with E-state index in [9.17, 15) is 0 Å². The topological polar surface area (TPSA) is 73.1 Å². The maximum atomic E-state index is 5.61. The second-order valence-electron chi connectivity index (χ2n) is 5.82. The normalized spacial score (nSPS) is 11.8. The zero-order chi connectivity index (χ0) is 17.6. The molecule has 0 saturated heterocycles. The quantitative estimate of drug-likeness (QED) is 0.616. The zero-order valence-corrected chi connectivity index (χ0v) is 16.7. The third-order valence-corrected chi connectivity index (χ3v) is 4.64. The average Bonchev–Trinajstić information content (AvgIpc) is 3.29. The van der Waals surface area contributed by atoms with Crippen LogP contribution in [0, 0.1) is 0 Å². The number of ether oxygens (including phenoxy) is 1. The number of nitrogens with one attached hydrogen (secondary N) is 1. The van der Waals surface area contributed by atoms with Crippen molar-refractivity contribution in [2.24, 2.45) is 0 Å². The van der Waals surface area contributed by atoms with Gasteiger partial charge in [-0.1, -0.05) is 12.1 Å². The van der Waals surface area contributed by atoms with Crippen molar-refractivity contribution in [3.63, 3.8) is 0 Å². The van der Waals surface area contributed by atoms with Gasteiger partial charge in [0.25, 0.3) is 5.89 Å². The van der Waals surface area contributed by atoms with Gasteiger partial charge in [-0.25, -0.2) is 4.98 Å². The molecular formula is C18H23ClN4O2S. The minimum absolute atomic E-state index is 0. The Hall–Kier alpha value is -1.96. The monoisotopic (exact) mass is 394 g/mol. The van der Waals surface area contributed by atoms with E-state index in [0.717, 1.165) is 35.8 Å². The molecule has 0 saturated carbocycles. The second-order valence-corrected chi connectivity index (χ2v) is 6.68. The predicted molar refractivity (Wildman–Crippen MR) is 106 cm³/mol. The molecule has 2 aromatic heterocycles. The number of hydrogen-bond acceptors (Lipinski definition) is 7. The van der Waals surface area contributed by atoms with Gasteiger partial charge in [-0.3, -0.25) is 0 Å². The molecule has 0 aliphatic rings. The summed E-state index contributed by atoms with van der Waals surface area (Å²) >= 11 is 1.56. The Morgan fingerprint density at radius 3 is 2.69 bits per heavy atom. The lowest BCUT2D eigenvalue weighted by Gasteiger charge is -2.04. The van der Waals surface area contributed by atoms with Crippen LogP contribution in [0.1, 0.15) is 26.1 Å². The Morgan fingerprint density at radius 2 is 2.00 bits per heavy atom. The van der Waals surface area contributed by atoms with Crippen LogP contribution in [0.2, 0.25) is 0 Å². The molecule has 1 atom stereocenters. The first-order valence-corrected chi connectivity index (χ1v) is 9.26. The SMILES string of the molecule is CCCOc1ccc(-c2nc(-c3nc(CC(C)NC)no3)cs2)cc1.Cl. The van der Waals surface area contributed by atoms with E-state index in [1.165, 1.54) is 0 Å². The molecule has 140 valence electrons. The van der Waals surface area contributed by atoms with Crippen LogP contribution in [0.15, 0.2) is 34.2 Å². The standard InChI is InChI=1S/C18H22N4O2S.ClH/c1-4-9-23-14-7-5-13(6-8-14)18-20-15(11-25-18)17-21-16(22-24-17)10-12(2)19-3;/h5-8,11-12,19H,4,9-10H2,1-3H3;1H. The fourth-order valence-corrected chi connectivity index (χ4v) is 3.04. The van der Waals surface area contributed by atoms with Gasteiger partial charge < -0.3 is 14.6 Å². The fraction of sp³-hybridized carbons (Fsp3) is 0.389. The highest BCUT2D eigenvalue weighted by Crippen LogP contribution is 2.29. The summed E-state index contributed by atoms with van der Waals surface area (Å²) in [5.41, 5.74) is 1.76. The zero-order valence-electron chi connectivity index (χ0n) is 15.1. The van der Waals surface area contributed by atoms with E-state index in [-0.39, 0.29) is 12.4 Å². The molecule has 8 heteroatoms. The van der Waals surface area contributed by atoms with E-state index in [1.54, 1.807) is 11.3 Å². The summed E-state index contributed by atoms with van der Waals surface area (Å²) in [6.45, 7) is 4.89. The highest BCUT2D eigenvalue weighted by Gasteiger charge is 2.14. The van der Waals surface area contributed by atoms with Gasteiger partial charge in [0.15, 0.2) is 5.82 Å². The third-order valence-electron chi connectivity index (χ3n) is 3.75. The molecule has 6 nitrogen and oxygen atoms in total. The van der Waals surface area contributed by atoms with Gasteiger partial charge in [0.1, 0.15) is 16.5 Å². The summed E-state index contributed by atoms with van der Waals surface area (Å²) in [6.07, 6.45) is 1.72. The lowest BCUT2D eigenvalue weighted by Crippen LogP contribution is -2.24. The highest BCUT2D eigenvalue weighted by atomic mass is 35.5. The van der Waals surface area contributed by atoms with Gasteiger partial charge in [0.2, 0.25) is 0 Å². The van der Waals surface area contributed by atoms with E-state index in [2.05, 4.69) is 34.3 Å². The number of likely N-dealkylation sites (N-methyl/N-ethyl adjacent to an activating group) is 1. The number of nitrogens with zero attached hydrogens (tertiary/aromatic N) is 3. The van der Waals surface area contributed by atoms with Crippen LogP contribution in [0.3, 0.4) is 0 Å². The maximum Gasteiger partial charge on any atom is 0.277 e. The average molecular weight is 395 g/mol. The Bertz CT molecular complexity index is 804. The minimum atomic E-state index is 0. The predicted octanol–water partition coefficient (Wildman–Crippen LogP) is 4.22. The molecular weight excluding hydrogens is 372 g/mol. The largest absolute Gasteiger partial charge is 0.494 e. The van der Waals surface area contributed by atoms with Crippen molar-refractivity contribution in [2.75, 3.05) is 13.7 Å². The molecule has 1 unspecified atom stereocenters. The summed E-state index contributed by atoms with van der Waals surface area (Å²) in [5.74, 6) is 2.02. The molecule has 1 N–H and O–H groups in total. The number of thiazole rings is 1. The van der Waals surface area contributed by atoms with Gasteiger partial charge in [-0.15, -0.1) is 23.7 Å². The number of aromatic nitrogens is 3. The molecule has 0 aliphatic heterocycles. The third kappa shape index (κ3) is 5.03. The van der Waals surface area contributed by atoms with Crippen LogP contribution in [0.4, 0.5) is 0 Å². The minimum Gasteiger partial charge on any atom is -0.494 e. The molecule has 0 spiro atoms. The molecule has 0 radical (unpaired) electrons. The van der Waals surface area contributed by atoms with E-state index in [1.807, 2.05) is 36.7 Å². The summed E-state index contributed by atoms with van der Waals surface area (Å²) < 4.78 is 11.0. The fourth-order valence-electron chi connectivity index (χ4n) is 2.24. The van der Waals surface area contributed by atoms with Crippen molar-refractivity contribution in [3.05, 3.63) is 35.5 Å². The Kier molecular flexibility index (Phi) is 7.56. The van der Waals surface area contributed by atoms with Crippen molar-refractivity contribution in [1.29, 1.82) is 0 Å². The Labute approximate surface area is 163 Å². The van der Waals surface area contributed by atoms with Crippen molar-refractivity contribution in [3.8, 4) is 27.9 Å². The van der Waals surface area contributed by atoms with E-state index in [0.29, 0.717) is 23.5 Å². The van der Waals surface area contributed by atoms with Crippen LogP contribution in [0.5, 0.6) is 5.75 Å². The van der Waals surface area contributed by atoms with Crippen LogP contribution in [0.25, 0.3) is 22.2 Å². The molecule has 26 heavy (non-hydrogen) atoms. The Balaban J connectivity index is 0.00000243. The van der Waals surface area contributed by atoms with Crippen molar-refractivity contribution < 1.29 is 9.26 Å². The molecule has 2 heterocycles. The lowest BCUT2D eigenvalue weighted by molar-refractivity contribution is 0.317. The molecule has 0 aliphatic carbocycles. The van der Waals surface area contributed by atoms with Crippen molar-refractivity contribution >= 4 is 23.7 Å². The molecule has 1 aromatic carbocycles. The first-order chi connectivity index (χ1) is 12.2. The number of hydrogen-bond donors (Lipinski definition) is 1. The van der Waals surface area contributed by atoms with Crippen LogP contribution >= 0.6 is 23.7 Å². The van der Waals surface area contributed by atoms with E-state index in [4.69, 9.17) is 9.26 Å². The maximum absolute atomic E-state index is 5.61. The van der Waals surface area contributed by atoms with Gasteiger partial charge in [-0.05, 0) is 44.7 Å². The highest BCUT2D eigenvalue weighted by molar-refractivity contribution is 7.13. The molecule has 3 rings (SSSR count). The van der Waals surface area contributed by atoms with E-state index < -0.39 is 0 Å². The van der Waals surface area contributed by atoms with E-state index >= 15 is 0 Å². The summed E-state index contributed by atoms with van der Waals surface area (Å²) in [7, 11) is 1.91. The smallest absolute Gasteiger partial charge is 0.277 e. The molecule has 3 aromatic rings. The van der Waals surface area contributed by atoms with Crippen LogP contribution in [-0.2, 0) is 6.42 Å². The van der Waals surface area contributed by atoms with Crippen molar-refractivity contribution in [1.82, 2.24) is 20.4 Å². The van der Waals surface area contributed by atoms with Crippen LogP contribution in [-0.4, -0.2) is 34.8 Å². The van der Waals surface area contributed by atoms with Crippen molar-refractivity contribution in [2.45, 2.75) is 32.7 Å².